The molecule has 5 nitrogen and oxygen atoms in total. The summed E-state index contributed by atoms with van der Waals surface area (Å²) >= 11 is 0. The van der Waals surface area contributed by atoms with Crippen molar-refractivity contribution in [3.05, 3.63) is 29.8 Å². The van der Waals surface area contributed by atoms with Gasteiger partial charge in [0.2, 0.25) is 0 Å². The van der Waals surface area contributed by atoms with Gasteiger partial charge in [-0.2, -0.15) is 0 Å². The molecular formula is C13H15NO4. The Balaban J connectivity index is 2.62. The molecule has 3 N–H and O–H groups in total. The summed E-state index contributed by atoms with van der Waals surface area (Å²) in [5.41, 5.74) is 1.02. The average Bonchev–Trinajstić information content (AvgIpc) is 2.42. The molecule has 1 aromatic rings. The van der Waals surface area contributed by atoms with Crippen molar-refractivity contribution >= 4 is 11.7 Å². The topological polar surface area (TPSA) is 78.8 Å². The van der Waals surface area contributed by atoms with Crippen LogP contribution in [0.15, 0.2) is 24.3 Å². The highest BCUT2D eigenvalue weighted by Crippen LogP contribution is 2.11. The van der Waals surface area contributed by atoms with Crippen molar-refractivity contribution in [2.45, 2.75) is 6.10 Å². The molecule has 0 fully saturated rings. The minimum atomic E-state index is -0.845. The monoisotopic (exact) mass is 249 g/mol. The summed E-state index contributed by atoms with van der Waals surface area (Å²) in [4.78, 5) is 11.5. The Morgan fingerprint density at radius 1 is 1.56 bits per heavy atom. The van der Waals surface area contributed by atoms with E-state index in [1.165, 1.54) is 0 Å². The third-order valence-corrected chi connectivity index (χ3v) is 2.14. The van der Waals surface area contributed by atoms with Crippen molar-refractivity contribution in [1.82, 2.24) is 0 Å². The number of carbonyl (C=O) groups is 1. The molecule has 0 radical (unpaired) electrons. The molecule has 0 amide bonds. The molecule has 0 aliphatic carbocycles. The van der Waals surface area contributed by atoms with Crippen LogP contribution in [-0.2, 0) is 4.74 Å². The number of aliphatic hydroxyl groups is 2. The standard InChI is InChI=1S/C13H15NO4/c1-2-6-18-13(17)10-4-3-5-11(7-10)14-8-12(16)9-15/h1,3-5,7,12,14-16H,6,8-9H2. The Hall–Kier alpha value is -2.03. The number of esters is 1. The van der Waals surface area contributed by atoms with Crippen LogP contribution in [0.2, 0.25) is 0 Å². The minimum Gasteiger partial charge on any atom is -0.449 e. The number of aliphatic hydroxyl groups excluding tert-OH is 2. The van der Waals surface area contributed by atoms with Gasteiger partial charge in [0.05, 0.1) is 18.3 Å². The third kappa shape index (κ3) is 4.45. The summed E-state index contributed by atoms with van der Waals surface area (Å²) in [6.07, 6.45) is 4.14. The van der Waals surface area contributed by atoms with Gasteiger partial charge in [0.15, 0.2) is 6.61 Å². The molecule has 0 spiro atoms. The summed E-state index contributed by atoms with van der Waals surface area (Å²) in [6, 6.07) is 6.61. The molecule has 1 aromatic carbocycles. The zero-order chi connectivity index (χ0) is 13.4. The fraction of sp³-hybridized carbons (Fsp3) is 0.308. The summed E-state index contributed by atoms with van der Waals surface area (Å²) in [5, 5.41) is 20.7. The number of benzene rings is 1. The highest BCUT2D eigenvalue weighted by atomic mass is 16.5. The third-order valence-electron chi connectivity index (χ3n) is 2.14. The van der Waals surface area contributed by atoms with Crippen molar-refractivity contribution in [2.75, 3.05) is 25.1 Å². The first-order valence-electron chi connectivity index (χ1n) is 5.40. The smallest absolute Gasteiger partial charge is 0.339 e. The van der Waals surface area contributed by atoms with E-state index in [0.717, 1.165) is 0 Å². The Kier molecular flexibility index (Phi) is 5.71. The maximum absolute atomic E-state index is 11.5. The number of rotatable bonds is 6. The highest BCUT2D eigenvalue weighted by molar-refractivity contribution is 5.90. The van der Waals surface area contributed by atoms with Crippen molar-refractivity contribution in [3.63, 3.8) is 0 Å². The predicted octanol–water partition coefficient (Wildman–Crippen LogP) is 0.242. The molecular weight excluding hydrogens is 234 g/mol. The van der Waals surface area contributed by atoms with E-state index in [0.29, 0.717) is 11.3 Å². The largest absolute Gasteiger partial charge is 0.449 e. The van der Waals surface area contributed by atoms with E-state index >= 15 is 0 Å². The molecule has 1 atom stereocenters. The van der Waals surface area contributed by atoms with Crippen LogP contribution in [0.3, 0.4) is 0 Å². The Bertz CT molecular complexity index is 439. The zero-order valence-corrected chi connectivity index (χ0v) is 9.80. The first-order chi connectivity index (χ1) is 8.67. The van der Waals surface area contributed by atoms with E-state index in [1.54, 1.807) is 24.3 Å². The lowest BCUT2D eigenvalue weighted by Crippen LogP contribution is -2.23. The Morgan fingerprint density at radius 3 is 3.00 bits per heavy atom. The molecule has 5 heteroatoms. The average molecular weight is 249 g/mol. The highest BCUT2D eigenvalue weighted by Gasteiger charge is 2.07. The summed E-state index contributed by atoms with van der Waals surface area (Å²) < 4.78 is 4.79. The lowest BCUT2D eigenvalue weighted by atomic mass is 10.2. The maximum Gasteiger partial charge on any atom is 0.339 e. The van der Waals surface area contributed by atoms with Crippen LogP contribution in [0, 0.1) is 12.3 Å². The lowest BCUT2D eigenvalue weighted by Gasteiger charge is -2.10. The first-order valence-corrected chi connectivity index (χ1v) is 5.40. The molecule has 0 aliphatic rings. The second-order valence-electron chi connectivity index (χ2n) is 3.58. The summed E-state index contributed by atoms with van der Waals surface area (Å²) in [5.74, 6) is 1.71. The van der Waals surface area contributed by atoms with Gasteiger partial charge >= 0.3 is 5.97 Å². The van der Waals surface area contributed by atoms with E-state index in [4.69, 9.17) is 16.3 Å². The Labute approximate surface area is 105 Å². The van der Waals surface area contributed by atoms with Crippen LogP contribution in [-0.4, -0.2) is 42.0 Å². The van der Waals surface area contributed by atoms with Crippen LogP contribution in [0.5, 0.6) is 0 Å². The molecule has 18 heavy (non-hydrogen) atoms. The summed E-state index contributed by atoms with van der Waals surface area (Å²) in [7, 11) is 0. The number of nitrogens with one attached hydrogen (secondary N) is 1. The van der Waals surface area contributed by atoms with Gasteiger partial charge in [-0.1, -0.05) is 12.0 Å². The van der Waals surface area contributed by atoms with E-state index in [9.17, 15) is 9.90 Å². The van der Waals surface area contributed by atoms with Crippen LogP contribution in [0.25, 0.3) is 0 Å². The second-order valence-corrected chi connectivity index (χ2v) is 3.58. The molecule has 1 rings (SSSR count). The molecule has 0 aromatic heterocycles. The SMILES string of the molecule is C#CCOC(=O)c1cccc(NCC(O)CO)c1. The van der Waals surface area contributed by atoms with E-state index in [2.05, 4.69) is 11.2 Å². The van der Waals surface area contributed by atoms with Gasteiger partial charge in [-0.3, -0.25) is 0 Å². The number of hydrogen-bond acceptors (Lipinski definition) is 5. The van der Waals surface area contributed by atoms with Crippen molar-refractivity contribution < 1.29 is 19.7 Å². The first kappa shape index (κ1) is 14.0. The van der Waals surface area contributed by atoms with Gasteiger partial charge in [-0.05, 0) is 18.2 Å². The van der Waals surface area contributed by atoms with Crippen LogP contribution >= 0.6 is 0 Å². The minimum absolute atomic E-state index is 0.0697. The number of carbonyl (C=O) groups excluding carboxylic acids is 1. The van der Waals surface area contributed by atoms with Crippen LogP contribution < -0.4 is 5.32 Å². The van der Waals surface area contributed by atoms with Crippen LogP contribution in [0.4, 0.5) is 5.69 Å². The van der Waals surface area contributed by atoms with E-state index in [1.807, 2.05) is 0 Å². The van der Waals surface area contributed by atoms with Gasteiger partial charge in [-0.25, -0.2) is 4.79 Å². The Morgan fingerprint density at radius 2 is 2.33 bits per heavy atom. The molecule has 96 valence electrons. The molecule has 0 heterocycles. The van der Waals surface area contributed by atoms with E-state index < -0.39 is 12.1 Å². The van der Waals surface area contributed by atoms with Crippen molar-refractivity contribution in [1.29, 1.82) is 0 Å². The molecule has 0 bridgehead atoms. The van der Waals surface area contributed by atoms with E-state index in [-0.39, 0.29) is 19.8 Å². The van der Waals surface area contributed by atoms with Gasteiger partial charge in [0.25, 0.3) is 0 Å². The maximum atomic E-state index is 11.5. The molecule has 0 aliphatic heterocycles. The second kappa shape index (κ2) is 7.33. The quantitative estimate of drug-likeness (QED) is 0.497. The van der Waals surface area contributed by atoms with Gasteiger partial charge in [0.1, 0.15) is 0 Å². The predicted molar refractivity (Wildman–Crippen MR) is 67.1 cm³/mol. The fourth-order valence-electron chi connectivity index (χ4n) is 1.25. The van der Waals surface area contributed by atoms with Crippen molar-refractivity contribution in [2.24, 2.45) is 0 Å². The van der Waals surface area contributed by atoms with Crippen molar-refractivity contribution in [3.8, 4) is 12.3 Å². The number of ether oxygens (including phenoxy) is 1. The summed E-state index contributed by atoms with van der Waals surface area (Å²) in [6.45, 7) is -0.198. The molecule has 0 saturated carbocycles. The number of terminal acetylenes is 1. The lowest BCUT2D eigenvalue weighted by molar-refractivity contribution is 0.0557. The van der Waals surface area contributed by atoms with Crippen LogP contribution in [0.1, 0.15) is 10.4 Å². The number of anilines is 1. The number of hydrogen-bond donors (Lipinski definition) is 3. The zero-order valence-electron chi connectivity index (χ0n) is 9.80. The van der Waals surface area contributed by atoms with Gasteiger partial charge in [0, 0.05) is 12.2 Å². The molecule has 1 unspecified atom stereocenters. The molecule has 0 saturated heterocycles. The fourth-order valence-corrected chi connectivity index (χ4v) is 1.25. The normalized spacial score (nSPS) is 11.4. The van der Waals surface area contributed by atoms with Gasteiger partial charge in [-0.15, -0.1) is 6.42 Å². The van der Waals surface area contributed by atoms with Gasteiger partial charge < -0.3 is 20.3 Å².